The molecule has 0 atom stereocenters. The van der Waals surface area contributed by atoms with Gasteiger partial charge in [-0.1, -0.05) is 30.3 Å². The molecule has 1 N–H and O–H groups in total. The van der Waals surface area contributed by atoms with Gasteiger partial charge in [-0.2, -0.15) is 0 Å². The van der Waals surface area contributed by atoms with Gasteiger partial charge in [0.05, 0.1) is 0 Å². The zero-order valence-electron chi connectivity index (χ0n) is 16.1. The standard InChI is InChI=1S/C22H23N3O3/c1-15-16(2)23-14-24-20(15)25-11-9-22(10-12-25,21(26)27)28-19-8-7-17-5-3-4-6-18(17)13-19/h3-8,13-14H,9-12H2,1-2H3,(H,26,27). The highest BCUT2D eigenvalue weighted by molar-refractivity contribution is 5.84. The van der Waals surface area contributed by atoms with Crippen molar-refractivity contribution in [3.8, 4) is 5.75 Å². The van der Waals surface area contributed by atoms with E-state index >= 15 is 0 Å². The van der Waals surface area contributed by atoms with Crippen molar-refractivity contribution in [3.63, 3.8) is 0 Å². The van der Waals surface area contributed by atoms with Crippen molar-refractivity contribution in [1.29, 1.82) is 0 Å². The van der Waals surface area contributed by atoms with Crippen LogP contribution in [0.1, 0.15) is 24.1 Å². The molecule has 4 rings (SSSR count). The number of hydrogen-bond acceptors (Lipinski definition) is 5. The number of piperidine rings is 1. The van der Waals surface area contributed by atoms with Crippen LogP contribution in [0.2, 0.25) is 0 Å². The molecule has 144 valence electrons. The summed E-state index contributed by atoms with van der Waals surface area (Å²) in [6.07, 6.45) is 2.33. The van der Waals surface area contributed by atoms with Crippen LogP contribution < -0.4 is 9.64 Å². The molecule has 6 heteroatoms. The van der Waals surface area contributed by atoms with E-state index in [0.717, 1.165) is 27.8 Å². The average Bonchev–Trinajstić information content (AvgIpc) is 2.70. The molecule has 3 aromatic rings. The lowest BCUT2D eigenvalue weighted by molar-refractivity contribution is -0.157. The van der Waals surface area contributed by atoms with Crippen molar-refractivity contribution in [3.05, 3.63) is 60.0 Å². The van der Waals surface area contributed by atoms with Crippen LogP contribution in [0.4, 0.5) is 5.82 Å². The Bertz CT molecular complexity index is 1030. The first-order valence-corrected chi connectivity index (χ1v) is 9.43. The molecule has 2 heterocycles. The molecule has 28 heavy (non-hydrogen) atoms. The quantitative estimate of drug-likeness (QED) is 0.746. The summed E-state index contributed by atoms with van der Waals surface area (Å²) in [4.78, 5) is 22.9. The highest BCUT2D eigenvalue weighted by Crippen LogP contribution is 2.33. The third-order valence-electron chi connectivity index (χ3n) is 5.60. The third-order valence-corrected chi connectivity index (χ3v) is 5.60. The van der Waals surface area contributed by atoms with Crippen LogP contribution in [0, 0.1) is 13.8 Å². The van der Waals surface area contributed by atoms with E-state index in [0.29, 0.717) is 31.7 Å². The first-order valence-electron chi connectivity index (χ1n) is 9.43. The molecule has 1 saturated heterocycles. The van der Waals surface area contributed by atoms with E-state index in [4.69, 9.17) is 4.74 Å². The van der Waals surface area contributed by atoms with Crippen LogP contribution in [-0.2, 0) is 4.79 Å². The van der Waals surface area contributed by atoms with E-state index in [1.165, 1.54) is 0 Å². The molecule has 0 amide bonds. The van der Waals surface area contributed by atoms with Crippen LogP contribution in [-0.4, -0.2) is 39.7 Å². The normalized spacial score (nSPS) is 16.1. The second-order valence-corrected chi connectivity index (χ2v) is 7.31. The van der Waals surface area contributed by atoms with Gasteiger partial charge in [0, 0.05) is 37.2 Å². The van der Waals surface area contributed by atoms with Gasteiger partial charge in [-0.3, -0.25) is 0 Å². The van der Waals surface area contributed by atoms with Gasteiger partial charge in [-0.15, -0.1) is 0 Å². The Morgan fingerprint density at radius 3 is 2.50 bits per heavy atom. The number of aliphatic carboxylic acids is 1. The van der Waals surface area contributed by atoms with Crippen molar-refractivity contribution in [1.82, 2.24) is 9.97 Å². The zero-order chi connectivity index (χ0) is 19.7. The number of carboxylic acid groups (broad SMARTS) is 1. The van der Waals surface area contributed by atoms with Crippen LogP contribution >= 0.6 is 0 Å². The summed E-state index contributed by atoms with van der Waals surface area (Å²) < 4.78 is 6.09. The predicted octanol–water partition coefficient (Wildman–Crippen LogP) is 3.75. The average molecular weight is 377 g/mol. The Labute approximate surface area is 163 Å². The topological polar surface area (TPSA) is 75.5 Å². The third kappa shape index (κ3) is 3.26. The van der Waals surface area contributed by atoms with Gasteiger partial charge < -0.3 is 14.7 Å². The van der Waals surface area contributed by atoms with E-state index in [1.807, 2.05) is 56.3 Å². The van der Waals surface area contributed by atoms with Gasteiger partial charge in [0.2, 0.25) is 5.60 Å². The molecule has 6 nitrogen and oxygen atoms in total. The zero-order valence-corrected chi connectivity index (χ0v) is 16.1. The van der Waals surface area contributed by atoms with Crippen LogP contribution in [0.3, 0.4) is 0 Å². The van der Waals surface area contributed by atoms with Crippen LogP contribution in [0.5, 0.6) is 5.75 Å². The highest BCUT2D eigenvalue weighted by atomic mass is 16.5. The number of carbonyl (C=O) groups is 1. The van der Waals surface area contributed by atoms with E-state index in [-0.39, 0.29) is 0 Å². The SMILES string of the molecule is Cc1ncnc(N2CCC(Oc3ccc4ccccc4c3)(C(=O)O)CC2)c1C. The minimum absolute atomic E-state index is 0.387. The highest BCUT2D eigenvalue weighted by Gasteiger charge is 2.44. The maximum Gasteiger partial charge on any atom is 0.348 e. The number of nitrogens with zero attached hydrogens (tertiary/aromatic N) is 3. The Hall–Kier alpha value is -3.15. The Morgan fingerprint density at radius 1 is 1.07 bits per heavy atom. The van der Waals surface area contributed by atoms with Crippen LogP contribution in [0.15, 0.2) is 48.8 Å². The number of anilines is 1. The Morgan fingerprint density at radius 2 is 1.79 bits per heavy atom. The van der Waals surface area contributed by atoms with Gasteiger partial charge in [0.1, 0.15) is 17.9 Å². The molecule has 0 saturated carbocycles. The summed E-state index contributed by atoms with van der Waals surface area (Å²) in [5, 5.41) is 12.1. The molecule has 1 fully saturated rings. The number of hydrogen-bond donors (Lipinski definition) is 1. The lowest BCUT2D eigenvalue weighted by Crippen LogP contribution is -2.53. The minimum Gasteiger partial charge on any atom is -0.478 e. The molecular formula is C22H23N3O3. The summed E-state index contributed by atoms with van der Waals surface area (Å²) in [6, 6.07) is 13.7. The molecule has 0 spiro atoms. The van der Waals surface area contributed by atoms with E-state index < -0.39 is 11.6 Å². The number of aryl methyl sites for hydroxylation is 1. The minimum atomic E-state index is -1.23. The summed E-state index contributed by atoms with van der Waals surface area (Å²) in [7, 11) is 0. The fourth-order valence-electron chi connectivity index (χ4n) is 3.74. The largest absolute Gasteiger partial charge is 0.478 e. The summed E-state index contributed by atoms with van der Waals surface area (Å²) in [5.74, 6) is 0.539. The fraction of sp³-hybridized carbons (Fsp3) is 0.318. The first kappa shape index (κ1) is 18.2. The van der Waals surface area contributed by atoms with E-state index in [9.17, 15) is 9.90 Å². The predicted molar refractivity (Wildman–Crippen MR) is 108 cm³/mol. The van der Waals surface area contributed by atoms with Gasteiger partial charge in [-0.05, 0) is 36.8 Å². The molecule has 0 radical (unpaired) electrons. The Balaban J connectivity index is 1.56. The number of rotatable bonds is 4. The van der Waals surface area contributed by atoms with E-state index in [1.54, 1.807) is 6.33 Å². The summed E-state index contributed by atoms with van der Waals surface area (Å²) >= 11 is 0. The van der Waals surface area contributed by atoms with Gasteiger partial charge in [-0.25, -0.2) is 14.8 Å². The molecule has 1 aliphatic rings. The van der Waals surface area contributed by atoms with Crippen molar-refractivity contribution >= 4 is 22.6 Å². The molecule has 1 aliphatic heterocycles. The molecule has 2 aromatic carbocycles. The molecule has 0 aliphatic carbocycles. The van der Waals surface area contributed by atoms with Crippen molar-refractivity contribution < 1.29 is 14.6 Å². The fourth-order valence-corrected chi connectivity index (χ4v) is 3.74. The van der Waals surface area contributed by atoms with Crippen LogP contribution in [0.25, 0.3) is 10.8 Å². The molecule has 0 unspecified atom stereocenters. The summed E-state index contributed by atoms with van der Waals surface area (Å²) in [6.45, 7) is 5.08. The van der Waals surface area contributed by atoms with Gasteiger partial charge >= 0.3 is 5.97 Å². The number of fused-ring (bicyclic) bond motifs is 1. The molecule has 1 aromatic heterocycles. The lowest BCUT2D eigenvalue weighted by atomic mass is 9.90. The number of benzene rings is 2. The molecule has 0 bridgehead atoms. The number of aromatic nitrogens is 2. The second-order valence-electron chi connectivity index (χ2n) is 7.31. The van der Waals surface area contributed by atoms with Crippen molar-refractivity contribution in [2.75, 3.05) is 18.0 Å². The summed E-state index contributed by atoms with van der Waals surface area (Å²) in [5.41, 5.74) is 0.739. The first-order chi connectivity index (χ1) is 13.5. The maximum absolute atomic E-state index is 12.1. The Kier molecular flexibility index (Phi) is 4.63. The van der Waals surface area contributed by atoms with Crippen molar-refractivity contribution in [2.45, 2.75) is 32.3 Å². The number of carboxylic acids is 1. The lowest BCUT2D eigenvalue weighted by Gasteiger charge is -2.39. The van der Waals surface area contributed by atoms with Crippen molar-refractivity contribution in [2.24, 2.45) is 0 Å². The maximum atomic E-state index is 12.1. The second kappa shape index (κ2) is 7.11. The van der Waals surface area contributed by atoms with Gasteiger partial charge in [0.25, 0.3) is 0 Å². The smallest absolute Gasteiger partial charge is 0.348 e. The monoisotopic (exact) mass is 377 g/mol. The van der Waals surface area contributed by atoms with Gasteiger partial charge in [0.15, 0.2) is 0 Å². The number of ether oxygens (including phenoxy) is 1. The van der Waals surface area contributed by atoms with E-state index in [2.05, 4.69) is 14.9 Å². The molecular weight excluding hydrogens is 354 g/mol.